The van der Waals surface area contributed by atoms with Crippen LogP contribution in [0.5, 0.6) is 0 Å². The highest BCUT2D eigenvalue weighted by molar-refractivity contribution is 5.87. The summed E-state index contributed by atoms with van der Waals surface area (Å²) >= 11 is 0. The van der Waals surface area contributed by atoms with E-state index in [4.69, 9.17) is 5.11 Å². The molecule has 0 bridgehead atoms. The van der Waals surface area contributed by atoms with Crippen LogP contribution >= 0.6 is 0 Å². The molecule has 0 saturated heterocycles. The van der Waals surface area contributed by atoms with E-state index in [9.17, 15) is 4.79 Å². The second kappa shape index (κ2) is 8.26. The van der Waals surface area contributed by atoms with Crippen molar-refractivity contribution in [3.63, 3.8) is 0 Å². The largest absolute Gasteiger partial charge is 0.389 e. The van der Waals surface area contributed by atoms with Gasteiger partial charge in [-0.05, 0) is 19.4 Å². The second-order valence-corrected chi connectivity index (χ2v) is 2.76. The van der Waals surface area contributed by atoms with E-state index in [0.717, 1.165) is 0 Å². The van der Waals surface area contributed by atoms with Crippen molar-refractivity contribution in [1.29, 1.82) is 0 Å². The molecule has 0 aliphatic heterocycles. The molecule has 0 fully saturated rings. The smallest absolute Gasteiger partial charge is 0.243 e. The molecule has 0 heterocycles. The number of carbonyl (C=O) groups is 1. The highest BCUT2D eigenvalue weighted by Gasteiger charge is 1.94. The molecule has 0 aliphatic carbocycles. The monoisotopic (exact) mass is 195 g/mol. The molecule has 0 aromatic carbocycles. The van der Waals surface area contributed by atoms with Crippen LogP contribution in [0.3, 0.4) is 0 Å². The van der Waals surface area contributed by atoms with Crippen LogP contribution in [0.25, 0.3) is 0 Å². The first-order chi connectivity index (χ1) is 6.70. The maximum Gasteiger partial charge on any atom is 0.243 e. The number of nitrogens with one attached hydrogen (secondary N) is 1. The zero-order valence-corrected chi connectivity index (χ0v) is 8.44. The number of allylic oxidation sites excluding steroid dienone is 1. The van der Waals surface area contributed by atoms with Gasteiger partial charge < -0.3 is 10.4 Å². The van der Waals surface area contributed by atoms with E-state index in [-0.39, 0.29) is 5.91 Å². The standard InChI is InChI=1S/C11H17NO2/c1-3-5-9-12-11(14)8-6-7-10(13)4-2/h3-6,8,10,13H,2,7,9H2,1H3,(H,12,14)/b5-3+,8-6+/t10-/m1/s1. The van der Waals surface area contributed by atoms with Crippen molar-refractivity contribution in [3.05, 3.63) is 37.0 Å². The number of carbonyl (C=O) groups excluding carboxylic acids is 1. The van der Waals surface area contributed by atoms with Crippen LogP contribution in [0.1, 0.15) is 13.3 Å². The van der Waals surface area contributed by atoms with Gasteiger partial charge in [0.2, 0.25) is 5.91 Å². The molecule has 1 atom stereocenters. The van der Waals surface area contributed by atoms with Crippen LogP contribution in [0.4, 0.5) is 0 Å². The molecule has 1 amide bonds. The lowest BCUT2D eigenvalue weighted by Gasteiger charge is -1.98. The molecule has 0 saturated carbocycles. The van der Waals surface area contributed by atoms with E-state index >= 15 is 0 Å². The summed E-state index contributed by atoms with van der Waals surface area (Å²) in [4.78, 5) is 11.0. The molecular weight excluding hydrogens is 178 g/mol. The third kappa shape index (κ3) is 7.31. The lowest BCUT2D eigenvalue weighted by molar-refractivity contribution is -0.116. The van der Waals surface area contributed by atoms with Gasteiger partial charge in [-0.1, -0.05) is 24.3 Å². The van der Waals surface area contributed by atoms with Gasteiger partial charge in [0, 0.05) is 6.54 Å². The maximum absolute atomic E-state index is 11.0. The summed E-state index contributed by atoms with van der Waals surface area (Å²) in [5.41, 5.74) is 0. The zero-order valence-electron chi connectivity index (χ0n) is 8.44. The normalized spacial score (nSPS) is 13.3. The summed E-state index contributed by atoms with van der Waals surface area (Å²) < 4.78 is 0. The Morgan fingerprint density at radius 3 is 2.86 bits per heavy atom. The maximum atomic E-state index is 11.0. The highest BCUT2D eigenvalue weighted by Crippen LogP contribution is 1.93. The molecule has 0 aliphatic rings. The molecule has 0 aromatic rings. The third-order valence-electron chi connectivity index (χ3n) is 1.55. The first-order valence-corrected chi connectivity index (χ1v) is 4.56. The molecule has 0 unspecified atom stereocenters. The van der Waals surface area contributed by atoms with Gasteiger partial charge in [-0.2, -0.15) is 0 Å². The molecule has 0 rings (SSSR count). The van der Waals surface area contributed by atoms with Crippen molar-refractivity contribution in [2.75, 3.05) is 6.54 Å². The molecule has 2 N–H and O–H groups in total. The van der Waals surface area contributed by atoms with Gasteiger partial charge >= 0.3 is 0 Å². The Labute approximate surface area is 84.8 Å². The molecule has 0 radical (unpaired) electrons. The summed E-state index contributed by atoms with van der Waals surface area (Å²) in [5.74, 6) is -0.153. The topological polar surface area (TPSA) is 49.3 Å². The second-order valence-electron chi connectivity index (χ2n) is 2.76. The van der Waals surface area contributed by atoms with Crippen molar-refractivity contribution in [3.8, 4) is 0 Å². The number of aliphatic hydroxyl groups is 1. The summed E-state index contributed by atoms with van der Waals surface area (Å²) in [5, 5.41) is 11.7. The first-order valence-electron chi connectivity index (χ1n) is 4.56. The summed E-state index contributed by atoms with van der Waals surface area (Å²) in [6, 6.07) is 0. The Bertz CT molecular complexity index is 231. The lowest BCUT2D eigenvalue weighted by atomic mass is 10.2. The highest BCUT2D eigenvalue weighted by atomic mass is 16.3. The Morgan fingerprint density at radius 1 is 1.57 bits per heavy atom. The van der Waals surface area contributed by atoms with Gasteiger partial charge in [0.05, 0.1) is 6.10 Å². The molecule has 78 valence electrons. The van der Waals surface area contributed by atoms with Crippen molar-refractivity contribution >= 4 is 5.91 Å². The number of aliphatic hydroxyl groups excluding tert-OH is 1. The van der Waals surface area contributed by atoms with Crippen molar-refractivity contribution in [2.45, 2.75) is 19.4 Å². The van der Waals surface area contributed by atoms with E-state index in [1.165, 1.54) is 12.2 Å². The van der Waals surface area contributed by atoms with Crippen LogP contribution in [0.15, 0.2) is 37.0 Å². The number of hydrogen-bond donors (Lipinski definition) is 2. The average molecular weight is 195 g/mol. The molecule has 0 aromatic heterocycles. The predicted molar refractivity (Wildman–Crippen MR) is 57.8 cm³/mol. The van der Waals surface area contributed by atoms with Crippen molar-refractivity contribution in [2.24, 2.45) is 0 Å². The Balaban J connectivity index is 3.65. The van der Waals surface area contributed by atoms with Gasteiger partial charge in [-0.3, -0.25) is 4.79 Å². The van der Waals surface area contributed by atoms with Crippen LogP contribution in [0.2, 0.25) is 0 Å². The van der Waals surface area contributed by atoms with Gasteiger partial charge in [0.15, 0.2) is 0 Å². The first kappa shape index (κ1) is 12.7. The Hall–Kier alpha value is -1.35. The lowest BCUT2D eigenvalue weighted by Crippen LogP contribution is -2.20. The Morgan fingerprint density at radius 2 is 2.29 bits per heavy atom. The zero-order chi connectivity index (χ0) is 10.8. The number of rotatable bonds is 6. The van der Waals surface area contributed by atoms with Crippen LogP contribution in [-0.4, -0.2) is 23.7 Å². The van der Waals surface area contributed by atoms with Gasteiger partial charge in [0.1, 0.15) is 0 Å². The fraction of sp³-hybridized carbons (Fsp3) is 0.364. The molecule has 3 heteroatoms. The number of amides is 1. The van der Waals surface area contributed by atoms with Crippen LogP contribution in [0, 0.1) is 0 Å². The predicted octanol–water partition coefficient (Wildman–Crippen LogP) is 1.17. The summed E-state index contributed by atoms with van der Waals surface area (Å²) in [7, 11) is 0. The van der Waals surface area contributed by atoms with E-state index in [2.05, 4.69) is 11.9 Å². The minimum Gasteiger partial charge on any atom is -0.389 e. The van der Waals surface area contributed by atoms with E-state index in [1.807, 2.05) is 19.1 Å². The Kier molecular flexibility index (Phi) is 7.46. The fourth-order valence-corrected chi connectivity index (χ4v) is 0.747. The van der Waals surface area contributed by atoms with E-state index in [1.54, 1.807) is 6.08 Å². The SMILES string of the molecule is C=C[C@@H](O)C/C=C/C(=O)NC/C=C/C. The number of hydrogen-bond acceptors (Lipinski definition) is 2. The van der Waals surface area contributed by atoms with Gasteiger partial charge in [-0.15, -0.1) is 6.58 Å². The fourth-order valence-electron chi connectivity index (χ4n) is 0.747. The minimum atomic E-state index is -0.574. The summed E-state index contributed by atoms with van der Waals surface area (Å²) in [6.07, 6.45) is 8.03. The third-order valence-corrected chi connectivity index (χ3v) is 1.55. The quantitative estimate of drug-likeness (QED) is 0.494. The summed E-state index contributed by atoms with van der Waals surface area (Å²) in [6.45, 7) is 5.85. The van der Waals surface area contributed by atoms with E-state index < -0.39 is 6.10 Å². The molecular formula is C11H17NO2. The van der Waals surface area contributed by atoms with Gasteiger partial charge in [-0.25, -0.2) is 0 Å². The van der Waals surface area contributed by atoms with Crippen LogP contribution in [-0.2, 0) is 4.79 Å². The minimum absolute atomic E-state index is 0.153. The molecule has 3 nitrogen and oxygen atoms in total. The van der Waals surface area contributed by atoms with Crippen LogP contribution < -0.4 is 5.32 Å². The van der Waals surface area contributed by atoms with Crippen molar-refractivity contribution in [1.82, 2.24) is 5.32 Å². The average Bonchev–Trinajstić information content (AvgIpc) is 2.18. The molecule has 14 heavy (non-hydrogen) atoms. The van der Waals surface area contributed by atoms with Crippen molar-refractivity contribution < 1.29 is 9.90 Å². The molecule has 0 spiro atoms. The van der Waals surface area contributed by atoms with E-state index in [0.29, 0.717) is 13.0 Å². The van der Waals surface area contributed by atoms with Gasteiger partial charge in [0.25, 0.3) is 0 Å².